The average molecular weight is 348 g/mol. The molecule has 0 spiro atoms. The highest BCUT2D eigenvalue weighted by Crippen LogP contribution is 2.20. The number of amides is 2. The first-order valence-corrected chi connectivity index (χ1v) is 8.74. The van der Waals surface area contributed by atoms with Crippen LogP contribution in [-0.2, 0) is 9.53 Å². The van der Waals surface area contributed by atoms with Crippen molar-refractivity contribution in [1.82, 2.24) is 15.2 Å². The summed E-state index contributed by atoms with van der Waals surface area (Å²) in [7, 11) is 1.30. The summed E-state index contributed by atoms with van der Waals surface area (Å²) in [6.45, 7) is 7.17. The fourth-order valence-electron chi connectivity index (χ4n) is 3.01. The van der Waals surface area contributed by atoms with Crippen LogP contribution >= 0.6 is 0 Å². The van der Waals surface area contributed by atoms with E-state index in [-0.39, 0.29) is 17.9 Å². The number of likely N-dealkylation sites (tertiary alicyclic amines) is 1. The molecule has 1 aromatic heterocycles. The highest BCUT2D eigenvalue weighted by molar-refractivity contribution is 5.86. The van der Waals surface area contributed by atoms with Crippen LogP contribution in [0, 0.1) is 12.8 Å². The van der Waals surface area contributed by atoms with Gasteiger partial charge in [-0.05, 0) is 37.3 Å². The first-order chi connectivity index (χ1) is 11.9. The van der Waals surface area contributed by atoms with Crippen LogP contribution in [0.4, 0.5) is 10.6 Å². The van der Waals surface area contributed by atoms with Crippen LogP contribution in [0.1, 0.15) is 32.3 Å². The normalized spacial score (nSPS) is 18.1. The molecule has 7 nitrogen and oxygen atoms in total. The second-order valence-corrected chi connectivity index (χ2v) is 6.79. The number of rotatable bonds is 6. The third kappa shape index (κ3) is 5.08. The number of nitrogens with one attached hydrogen (secondary N) is 2. The molecule has 0 aliphatic carbocycles. The van der Waals surface area contributed by atoms with Crippen LogP contribution < -0.4 is 10.6 Å². The van der Waals surface area contributed by atoms with Crippen LogP contribution in [0.2, 0.25) is 0 Å². The van der Waals surface area contributed by atoms with E-state index in [2.05, 4.69) is 20.4 Å². The molecule has 2 N–H and O–H groups in total. The fraction of sp³-hybridized carbons (Fsp3) is 0.611. The molecule has 1 fully saturated rings. The van der Waals surface area contributed by atoms with Gasteiger partial charge in [-0.1, -0.05) is 19.9 Å². The molecule has 2 heterocycles. The Morgan fingerprint density at radius 3 is 2.76 bits per heavy atom. The van der Waals surface area contributed by atoms with Gasteiger partial charge >= 0.3 is 6.09 Å². The number of carbonyl (C=O) groups is 2. The van der Waals surface area contributed by atoms with Gasteiger partial charge in [-0.25, -0.2) is 9.78 Å². The smallest absolute Gasteiger partial charge is 0.407 e. The van der Waals surface area contributed by atoms with Crippen LogP contribution in [0.5, 0.6) is 0 Å². The molecule has 2 rings (SSSR count). The van der Waals surface area contributed by atoms with Crippen molar-refractivity contribution in [1.29, 1.82) is 0 Å². The van der Waals surface area contributed by atoms with Crippen LogP contribution in [0.25, 0.3) is 0 Å². The summed E-state index contributed by atoms with van der Waals surface area (Å²) in [5, 5.41) is 5.96. The van der Waals surface area contributed by atoms with Gasteiger partial charge in [-0.15, -0.1) is 0 Å². The molecule has 1 aromatic rings. The molecular formula is C18H28N4O3. The predicted molar refractivity (Wildman–Crippen MR) is 96.4 cm³/mol. The molecule has 1 saturated heterocycles. The molecular weight excluding hydrogens is 320 g/mol. The van der Waals surface area contributed by atoms with Crippen molar-refractivity contribution in [2.75, 3.05) is 25.5 Å². The summed E-state index contributed by atoms with van der Waals surface area (Å²) in [6.07, 6.45) is 3.13. The van der Waals surface area contributed by atoms with Gasteiger partial charge in [0, 0.05) is 25.3 Å². The maximum Gasteiger partial charge on any atom is 0.407 e. The highest BCUT2D eigenvalue weighted by Gasteiger charge is 2.35. The Balaban J connectivity index is 1.99. The van der Waals surface area contributed by atoms with Gasteiger partial charge < -0.3 is 20.3 Å². The van der Waals surface area contributed by atoms with Crippen molar-refractivity contribution >= 4 is 17.8 Å². The zero-order valence-corrected chi connectivity index (χ0v) is 15.4. The van der Waals surface area contributed by atoms with Crippen molar-refractivity contribution in [2.45, 2.75) is 45.7 Å². The number of pyridine rings is 1. The van der Waals surface area contributed by atoms with Gasteiger partial charge in [0.2, 0.25) is 5.91 Å². The third-order valence-corrected chi connectivity index (χ3v) is 4.48. The summed E-state index contributed by atoms with van der Waals surface area (Å²) in [5.41, 5.74) is 1.11. The predicted octanol–water partition coefficient (Wildman–Crippen LogP) is 2.17. The summed E-state index contributed by atoms with van der Waals surface area (Å²) < 4.78 is 4.64. The standard InChI is InChI=1S/C18H28N4O3/c1-12(2)16(21-18(24)25-4)17(23)22-9-5-6-14(22)11-20-15-8-7-13(3)10-19-15/h7-8,10,12,14,16H,5-6,9,11H2,1-4H3,(H,19,20)(H,21,24)/t14-,16-/m0/s1. The molecule has 138 valence electrons. The van der Waals surface area contributed by atoms with Crippen molar-refractivity contribution in [3.05, 3.63) is 23.9 Å². The number of hydrogen-bond acceptors (Lipinski definition) is 5. The van der Waals surface area contributed by atoms with E-state index in [4.69, 9.17) is 0 Å². The Morgan fingerprint density at radius 2 is 2.16 bits per heavy atom. The minimum Gasteiger partial charge on any atom is -0.453 e. The van der Waals surface area contributed by atoms with Gasteiger partial charge in [0.05, 0.1) is 7.11 Å². The lowest BCUT2D eigenvalue weighted by Gasteiger charge is -2.31. The van der Waals surface area contributed by atoms with Crippen LogP contribution in [0.3, 0.4) is 0 Å². The van der Waals surface area contributed by atoms with Gasteiger partial charge in [0.1, 0.15) is 11.9 Å². The van der Waals surface area contributed by atoms with Crippen LogP contribution in [0.15, 0.2) is 18.3 Å². The second kappa shape index (κ2) is 8.69. The molecule has 0 unspecified atom stereocenters. The van der Waals surface area contributed by atoms with E-state index in [0.717, 1.165) is 24.2 Å². The maximum atomic E-state index is 12.9. The number of aryl methyl sites for hydroxylation is 1. The molecule has 0 saturated carbocycles. The quantitative estimate of drug-likeness (QED) is 0.823. The number of aromatic nitrogens is 1. The van der Waals surface area contributed by atoms with E-state index in [0.29, 0.717) is 13.1 Å². The molecule has 25 heavy (non-hydrogen) atoms. The Hall–Kier alpha value is -2.31. The van der Waals surface area contributed by atoms with Gasteiger partial charge in [0.15, 0.2) is 0 Å². The molecule has 1 aliphatic rings. The minimum absolute atomic E-state index is 0.0143. The molecule has 2 atom stereocenters. The topological polar surface area (TPSA) is 83.6 Å². The zero-order valence-electron chi connectivity index (χ0n) is 15.4. The summed E-state index contributed by atoms with van der Waals surface area (Å²) in [6, 6.07) is 3.45. The molecule has 0 bridgehead atoms. The number of carbonyl (C=O) groups excluding carboxylic acids is 2. The van der Waals surface area contributed by atoms with Gasteiger partial charge in [-0.3, -0.25) is 4.79 Å². The van der Waals surface area contributed by atoms with Gasteiger partial charge in [0.25, 0.3) is 0 Å². The lowest BCUT2D eigenvalue weighted by Crippen LogP contribution is -2.53. The largest absolute Gasteiger partial charge is 0.453 e. The number of methoxy groups -OCH3 is 1. The lowest BCUT2D eigenvalue weighted by molar-refractivity contribution is -0.135. The van der Waals surface area contributed by atoms with Crippen molar-refractivity contribution in [3.63, 3.8) is 0 Å². The Bertz CT molecular complexity index is 588. The summed E-state index contributed by atoms with van der Waals surface area (Å²) in [4.78, 5) is 30.7. The van der Waals surface area contributed by atoms with E-state index in [1.807, 2.05) is 44.0 Å². The first-order valence-electron chi connectivity index (χ1n) is 8.74. The SMILES string of the molecule is COC(=O)N[C@H](C(=O)N1CCC[C@H]1CNc1ccc(C)cn1)C(C)C. The van der Waals surface area contributed by atoms with E-state index >= 15 is 0 Å². The number of ether oxygens (including phenoxy) is 1. The minimum atomic E-state index is -0.579. The summed E-state index contributed by atoms with van der Waals surface area (Å²) >= 11 is 0. The third-order valence-electron chi connectivity index (χ3n) is 4.48. The number of nitrogens with zero attached hydrogens (tertiary/aromatic N) is 2. The van der Waals surface area contributed by atoms with Crippen LogP contribution in [-0.4, -0.2) is 54.2 Å². The van der Waals surface area contributed by atoms with E-state index in [9.17, 15) is 9.59 Å². The van der Waals surface area contributed by atoms with E-state index in [1.54, 1.807) is 0 Å². The molecule has 2 amide bonds. The number of anilines is 1. The van der Waals surface area contributed by atoms with Crippen molar-refractivity contribution < 1.29 is 14.3 Å². The Labute approximate surface area is 149 Å². The van der Waals surface area contributed by atoms with E-state index in [1.165, 1.54) is 7.11 Å². The first kappa shape index (κ1) is 19.0. The molecule has 7 heteroatoms. The zero-order chi connectivity index (χ0) is 18.4. The maximum absolute atomic E-state index is 12.9. The highest BCUT2D eigenvalue weighted by atomic mass is 16.5. The van der Waals surface area contributed by atoms with Crippen molar-refractivity contribution in [2.24, 2.45) is 5.92 Å². The summed E-state index contributed by atoms with van der Waals surface area (Å²) in [5.74, 6) is 0.735. The molecule has 1 aliphatic heterocycles. The van der Waals surface area contributed by atoms with Crippen molar-refractivity contribution in [3.8, 4) is 0 Å². The average Bonchev–Trinajstić information content (AvgIpc) is 3.06. The van der Waals surface area contributed by atoms with E-state index < -0.39 is 12.1 Å². The van der Waals surface area contributed by atoms with Gasteiger partial charge in [-0.2, -0.15) is 0 Å². The monoisotopic (exact) mass is 348 g/mol. The Morgan fingerprint density at radius 1 is 1.40 bits per heavy atom. The fourth-order valence-corrected chi connectivity index (χ4v) is 3.01. The Kier molecular flexibility index (Phi) is 6.61. The number of hydrogen-bond donors (Lipinski definition) is 2. The number of alkyl carbamates (subject to hydrolysis) is 1. The molecule has 0 radical (unpaired) electrons. The molecule has 0 aromatic carbocycles. The lowest BCUT2D eigenvalue weighted by atomic mass is 10.0. The second-order valence-electron chi connectivity index (χ2n) is 6.79.